The molecular formula is C22H24ClNOS. The molecule has 1 saturated heterocycles. The molecule has 1 aliphatic rings. The second kappa shape index (κ2) is 9.22. The van der Waals surface area contributed by atoms with E-state index in [4.69, 9.17) is 4.74 Å². The topological polar surface area (TPSA) is 21.3 Å². The maximum atomic E-state index is 5.90. The second-order valence-electron chi connectivity index (χ2n) is 6.56. The van der Waals surface area contributed by atoms with Crippen LogP contribution in [-0.2, 0) is 6.42 Å². The Morgan fingerprint density at radius 3 is 2.50 bits per heavy atom. The molecule has 26 heavy (non-hydrogen) atoms. The first-order chi connectivity index (χ1) is 12.4. The molecule has 0 spiro atoms. The number of nitrogens with one attached hydrogen (secondary N) is 1. The van der Waals surface area contributed by atoms with Gasteiger partial charge in [0.1, 0.15) is 12.4 Å². The predicted molar refractivity (Wildman–Crippen MR) is 113 cm³/mol. The van der Waals surface area contributed by atoms with Gasteiger partial charge in [-0.25, -0.2) is 0 Å². The highest BCUT2D eigenvalue weighted by Crippen LogP contribution is 2.29. The Hall–Kier alpha value is -1.81. The molecule has 0 unspecified atom stereocenters. The summed E-state index contributed by atoms with van der Waals surface area (Å²) in [6, 6.07) is 24.1. The predicted octanol–water partition coefficient (Wildman–Crippen LogP) is 5.56. The van der Waals surface area contributed by atoms with Crippen molar-refractivity contribution < 1.29 is 4.74 Å². The number of ether oxygens (including phenoxy) is 1. The van der Waals surface area contributed by atoms with Gasteiger partial charge in [-0.3, -0.25) is 0 Å². The van der Waals surface area contributed by atoms with Crippen molar-refractivity contribution in [2.45, 2.75) is 25.3 Å². The molecule has 0 aliphatic carbocycles. The average Bonchev–Trinajstić information content (AvgIpc) is 3.34. The highest BCUT2D eigenvalue weighted by atomic mass is 35.5. The van der Waals surface area contributed by atoms with Gasteiger partial charge in [-0.15, -0.1) is 23.7 Å². The minimum atomic E-state index is 0. The first-order valence-electron chi connectivity index (χ1n) is 8.96. The molecule has 0 bridgehead atoms. The van der Waals surface area contributed by atoms with Crippen molar-refractivity contribution in [1.82, 2.24) is 5.32 Å². The quantitative estimate of drug-likeness (QED) is 0.599. The Morgan fingerprint density at radius 1 is 0.962 bits per heavy atom. The molecule has 2 heterocycles. The van der Waals surface area contributed by atoms with Crippen LogP contribution in [0.5, 0.6) is 5.75 Å². The molecule has 3 aromatic rings. The molecule has 1 atom stereocenters. The summed E-state index contributed by atoms with van der Waals surface area (Å²) in [7, 11) is 0. The first-order valence-corrected chi connectivity index (χ1v) is 9.78. The summed E-state index contributed by atoms with van der Waals surface area (Å²) in [4.78, 5) is 2.72. The van der Waals surface area contributed by atoms with E-state index in [1.807, 2.05) is 11.3 Å². The second-order valence-corrected chi connectivity index (χ2v) is 7.73. The minimum Gasteiger partial charge on any atom is -0.492 e. The highest BCUT2D eigenvalue weighted by Gasteiger charge is 2.14. The zero-order valence-electron chi connectivity index (χ0n) is 14.7. The summed E-state index contributed by atoms with van der Waals surface area (Å²) >= 11 is 1.87. The Kier molecular flexibility index (Phi) is 6.73. The van der Waals surface area contributed by atoms with Gasteiger partial charge in [0.2, 0.25) is 0 Å². The largest absolute Gasteiger partial charge is 0.492 e. The summed E-state index contributed by atoms with van der Waals surface area (Å²) in [5.74, 6) is 0.966. The van der Waals surface area contributed by atoms with E-state index in [2.05, 4.69) is 72.0 Å². The number of benzene rings is 2. The Bertz CT molecular complexity index is 795. The first kappa shape index (κ1) is 19.0. The maximum absolute atomic E-state index is 5.90. The van der Waals surface area contributed by atoms with E-state index < -0.39 is 0 Å². The normalized spacial score (nSPS) is 16.2. The van der Waals surface area contributed by atoms with Crippen LogP contribution in [0.15, 0.2) is 66.7 Å². The third-order valence-corrected chi connectivity index (χ3v) is 5.77. The van der Waals surface area contributed by atoms with Crippen molar-refractivity contribution >= 4 is 23.7 Å². The van der Waals surface area contributed by atoms with E-state index in [9.17, 15) is 0 Å². The van der Waals surface area contributed by atoms with Gasteiger partial charge >= 0.3 is 0 Å². The lowest BCUT2D eigenvalue weighted by Gasteiger charge is -2.12. The van der Waals surface area contributed by atoms with E-state index >= 15 is 0 Å². The Balaban J connectivity index is 0.00000196. The van der Waals surface area contributed by atoms with Crippen molar-refractivity contribution in [3.63, 3.8) is 0 Å². The molecule has 1 aromatic heterocycles. The molecule has 1 aliphatic heterocycles. The minimum absolute atomic E-state index is 0. The van der Waals surface area contributed by atoms with Gasteiger partial charge < -0.3 is 10.1 Å². The average molecular weight is 386 g/mol. The fourth-order valence-corrected chi connectivity index (χ4v) is 4.28. The third kappa shape index (κ3) is 4.88. The molecule has 1 fully saturated rings. The smallest absolute Gasteiger partial charge is 0.119 e. The lowest BCUT2D eigenvalue weighted by Crippen LogP contribution is -2.28. The lowest BCUT2D eigenvalue weighted by molar-refractivity contribution is 0.277. The van der Waals surface area contributed by atoms with Crippen molar-refractivity contribution in [2.24, 2.45) is 0 Å². The summed E-state index contributed by atoms with van der Waals surface area (Å²) in [5.41, 5.74) is 2.62. The van der Waals surface area contributed by atoms with Crippen LogP contribution in [-0.4, -0.2) is 19.2 Å². The Labute approximate surface area is 165 Å². The Morgan fingerprint density at radius 2 is 1.77 bits per heavy atom. The molecule has 2 aromatic carbocycles. The van der Waals surface area contributed by atoms with Crippen LogP contribution in [0.1, 0.15) is 23.3 Å². The zero-order chi connectivity index (χ0) is 16.9. The molecule has 4 rings (SSSR count). The van der Waals surface area contributed by atoms with Crippen molar-refractivity contribution in [1.29, 1.82) is 0 Å². The molecule has 2 nitrogen and oxygen atoms in total. The lowest BCUT2D eigenvalue weighted by atomic mass is 10.1. The monoisotopic (exact) mass is 385 g/mol. The van der Waals surface area contributed by atoms with Crippen LogP contribution < -0.4 is 10.1 Å². The fraction of sp³-hybridized carbons (Fsp3) is 0.273. The number of rotatable bonds is 6. The molecule has 0 radical (unpaired) electrons. The number of hydrogen-bond donors (Lipinski definition) is 1. The van der Waals surface area contributed by atoms with Gasteiger partial charge in [0.25, 0.3) is 0 Å². The van der Waals surface area contributed by atoms with Gasteiger partial charge in [-0.2, -0.15) is 0 Å². The molecule has 1 N–H and O–H groups in total. The van der Waals surface area contributed by atoms with E-state index in [1.165, 1.54) is 33.7 Å². The van der Waals surface area contributed by atoms with E-state index in [-0.39, 0.29) is 12.4 Å². The molecular weight excluding hydrogens is 362 g/mol. The number of hydrogen-bond acceptors (Lipinski definition) is 3. The van der Waals surface area contributed by atoms with Gasteiger partial charge in [-0.1, -0.05) is 42.5 Å². The van der Waals surface area contributed by atoms with Crippen LogP contribution in [0.2, 0.25) is 0 Å². The van der Waals surface area contributed by atoms with E-state index in [0.29, 0.717) is 6.04 Å². The van der Waals surface area contributed by atoms with E-state index in [0.717, 1.165) is 25.3 Å². The van der Waals surface area contributed by atoms with Crippen molar-refractivity contribution in [3.05, 3.63) is 77.2 Å². The van der Waals surface area contributed by atoms with Gasteiger partial charge in [-0.05, 0) is 54.8 Å². The van der Waals surface area contributed by atoms with Gasteiger partial charge in [0.05, 0.1) is 0 Å². The standard InChI is InChI=1S/C22H23NOS.ClH/c1-2-5-18(6-3-1)22-13-12-21(25-22)15-17-8-10-20(11-9-17)24-16-19-7-4-14-23-19;/h1-3,5-6,8-13,19,23H,4,7,14-16H2;1H/t19-;/m0./s1. The highest BCUT2D eigenvalue weighted by molar-refractivity contribution is 7.15. The molecule has 136 valence electrons. The van der Waals surface area contributed by atoms with Crippen molar-refractivity contribution in [2.75, 3.05) is 13.2 Å². The zero-order valence-corrected chi connectivity index (χ0v) is 16.3. The van der Waals surface area contributed by atoms with E-state index in [1.54, 1.807) is 0 Å². The van der Waals surface area contributed by atoms with Gasteiger partial charge in [0, 0.05) is 22.2 Å². The van der Waals surface area contributed by atoms with Crippen LogP contribution in [0.25, 0.3) is 10.4 Å². The summed E-state index contributed by atoms with van der Waals surface area (Å²) in [5, 5.41) is 3.46. The maximum Gasteiger partial charge on any atom is 0.119 e. The molecule has 4 heteroatoms. The third-order valence-electron chi connectivity index (χ3n) is 4.64. The van der Waals surface area contributed by atoms with Crippen LogP contribution in [0.3, 0.4) is 0 Å². The van der Waals surface area contributed by atoms with Crippen LogP contribution in [0.4, 0.5) is 0 Å². The van der Waals surface area contributed by atoms with Crippen LogP contribution >= 0.6 is 23.7 Å². The molecule has 0 saturated carbocycles. The van der Waals surface area contributed by atoms with Gasteiger partial charge in [0.15, 0.2) is 0 Å². The molecule has 0 amide bonds. The van der Waals surface area contributed by atoms with Crippen molar-refractivity contribution in [3.8, 4) is 16.2 Å². The number of thiophene rings is 1. The summed E-state index contributed by atoms with van der Waals surface area (Å²) in [6.45, 7) is 1.89. The SMILES string of the molecule is Cl.c1ccc(-c2ccc(Cc3ccc(OC[C@@H]4CCCN4)cc3)s2)cc1. The fourth-order valence-electron chi connectivity index (χ4n) is 3.23. The summed E-state index contributed by atoms with van der Waals surface area (Å²) < 4.78 is 5.90. The summed E-state index contributed by atoms with van der Waals surface area (Å²) in [6.07, 6.45) is 3.46. The number of halogens is 1. The van der Waals surface area contributed by atoms with Crippen LogP contribution in [0, 0.1) is 0 Å².